The maximum atomic E-state index is 11.0. The largest absolute Gasteiger partial charge is 0.227 e. The monoisotopic (exact) mass is 184 g/mol. The summed E-state index contributed by atoms with van der Waals surface area (Å²) in [5, 5.41) is 0. The van der Waals surface area contributed by atoms with E-state index < -0.39 is 14.5 Å². The molecule has 0 fully saturated rings. The first kappa shape index (κ1) is 10.2. The van der Waals surface area contributed by atoms with Gasteiger partial charge in [0.05, 0.1) is 0 Å². The van der Waals surface area contributed by atoms with Gasteiger partial charge in [0, 0.05) is 5.75 Å². The van der Waals surface area contributed by atoms with Gasteiger partial charge in [0.25, 0.3) is 0 Å². The number of rotatable bonds is 4. The molecule has 0 amide bonds. The molecule has 0 aliphatic heterocycles. The second kappa shape index (κ2) is 4.19. The predicted octanol–water partition coefficient (Wildman–Crippen LogP) is 1.79. The highest BCUT2D eigenvalue weighted by atomic mass is 35.5. The van der Waals surface area contributed by atoms with Gasteiger partial charge in [-0.15, -0.1) is 11.6 Å². The zero-order valence-corrected chi connectivity index (χ0v) is 7.87. The maximum Gasteiger partial charge on any atom is 0.166 e. The Morgan fingerprint density at radius 1 is 1.40 bits per heavy atom. The van der Waals surface area contributed by atoms with Crippen molar-refractivity contribution in [3.05, 3.63) is 0 Å². The van der Waals surface area contributed by atoms with Crippen LogP contribution in [0.1, 0.15) is 26.7 Å². The van der Waals surface area contributed by atoms with Crippen molar-refractivity contribution in [1.29, 1.82) is 0 Å². The van der Waals surface area contributed by atoms with E-state index in [1.54, 1.807) is 6.92 Å². The summed E-state index contributed by atoms with van der Waals surface area (Å²) in [7, 11) is -2.99. The molecule has 0 spiro atoms. The average Bonchev–Trinajstić information content (AvgIpc) is 1.89. The van der Waals surface area contributed by atoms with Gasteiger partial charge in [-0.2, -0.15) is 0 Å². The van der Waals surface area contributed by atoms with Crippen LogP contribution < -0.4 is 0 Å². The molecule has 0 rings (SSSR count). The van der Waals surface area contributed by atoms with Crippen LogP contribution in [0.5, 0.6) is 0 Å². The molecule has 0 heterocycles. The SMILES string of the molecule is CCC[C@@H](Cl)S(=O)(=O)CC. The van der Waals surface area contributed by atoms with Crippen molar-refractivity contribution in [3.8, 4) is 0 Å². The third kappa shape index (κ3) is 2.88. The van der Waals surface area contributed by atoms with Crippen LogP contribution in [0.3, 0.4) is 0 Å². The van der Waals surface area contributed by atoms with E-state index in [0.29, 0.717) is 6.42 Å². The molecule has 2 nitrogen and oxygen atoms in total. The molecule has 0 aromatic carbocycles. The van der Waals surface area contributed by atoms with Gasteiger partial charge in [-0.25, -0.2) is 8.42 Å². The van der Waals surface area contributed by atoms with Crippen molar-refractivity contribution in [2.24, 2.45) is 0 Å². The number of halogens is 1. The lowest BCUT2D eigenvalue weighted by molar-refractivity contribution is 0.589. The van der Waals surface area contributed by atoms with Crippen molar-refractivity contribution in [2.75, 3.05) is 5.75 Å². The molecule has 0 aliphatic rings. The summed E-state index contributed by atoms with van der Waals surface area (Å²) in [6.07, 6.45) is 1.37. The molecule has 0 bridgehead atoms. The number of sulfone groups is 1. The molecule has 0 aromatic rings. The summed E-state index contributed by atoms with van der Waals surface area (Å²) in [6, 6.07) is 0. The fraction of sp³-hybridized carbons (Fsp3) is 1.00. The van der Waals surface area contributed by atoms with Gasteiger partial charge in [-0.3, -0.25) is 0 Å². The summed E-state index contributed by atoms with van der Waals surface area (Å²) >= 11 is 5.58. The minimum Gasteiger partial charge on any atom is -0.227 e. The van der Waals surface area contributed by atoms with Gasteiger partial charge in [0.15, 0.2) is 9.84 Å². The van der Waals surface area contributed by atoms with E-state index in [0.717, 1.165) is 6.42 Å². The van der Waals surface area contributed by atoms with E-state index in [1.807, 2.05) is 6.92 Å². The maximum absolute atomic E-state index is 11.0. The number of alkyl halides is 1. The Kier molecular flexibility index (Phi) is 4.29. The molecule has 4 heteroatoms. The van der Waals surface area contributed by atoms with Crippen LogP contribution in [0.4, 0.5) is 0 Å². The molecule has 10 heavy (non-hydrogen) atoms. The molecule has 0 saturated carbocycles. The normalized spacial score (nSPS) is 15.1. The quantitative estimate of drug-likeness (QED) is 0.625. The number of hydrogen-bond donors (Lipinski definition) is 0. The first-order valence-corrected chi connectivity index (χ1v) is 5.55. The Labute approximate surface area is 67.5 Å². The molecule has 0 radical (unpaired) electrons. The van der Waals surface area contributed by atoms with E-state index in [9.17, 15) is 8.42 Å². The van der Waals surface area contributed by atoms with Crippen molar-refractivity contribution >= 4 is 21.4 Å². The van der Waals surface area contributed by atoms with Crippen LogP contribution in [0.2, 0.25) is 0 Å². The van der Waals surface area contributed by atoms with Crippen LogP contribution in [0.15, 0.2) is 0 Å². The summed E-state index contributed by atoms with van der Waals surface area (Å²) in [5.74, 6) is 0.140. The molecular formula is C6H13ClO2S. The van der Waals surface area contributed by atoms with Crippen molar-refractivity contribution in [1.82, 2.24) is 0 Å². The average molecular weight is 185 g/mol. The topological polar surface area (TPSA) is 34.1 Å². The van der Waals surface area contributed by atoms with Gasteiger partial charge >= 0.3 is 0 Å². The van der Waals surface area contributed by atoms with Gasteiger partial charge < -0.3 is 0 Å². The molecule has 0 N–H and O–H groups in total. The standard InChI is InChI=1S/C6H13ClO2S/c1-3-5-6(7)10(8,9)4-2/h6H,3-5H2,1-2H3/t6-/m0/s1. The van der Waals surface area contributed by atoms with E-state index in [4.69, 9.17) is 11.6 Å². The summed E-state index contributed by atoms with van der Waals surface area (Å²) < 4.78 is 21.2. The Morgan fingerprint density at radius 2 is 1.90 bits per heavy atom. The van der Waals surface area contributed by atoms with E-state index in [2.05, 4.69) is 0 Å². The summed E-state index contributed by atoms with van der Waals surface area (Å²) in [5.41, 5.74) is 0. The van der Waals surface area contributed by atoms with Crippen LogP contribution in [0, 0.1) is 0 Å². The Morgan fingerprint density at radius 3 is 2.20 bits per heavy atom. The van der Waals surface area contributed by atoms with Gasteiger partial charge in [-0.1, -0.05) is 20.3 Å². The fourth-order valence-electron chi connectivity index (χ4n) is 0.587. The highest BCUT2D eigenvalue weighted by Crippen LogP contribution is 2.13. The second-order valence-corrected chi connectivity index (χ2v) is 5.41. The summed E-state index contributed by atoms with van der Waals surface area (Å²) in [6.45, 7) is 3.53. The van der Waals surface area contributed by atoms with Crippen LogP contribution >= 0.6 is 11.6 Å². The molecule has 62 valence electrons. The van der Waals surface area contributed by atoms with Crippen molar-refractivity contribution in [3.63, 3.8) is 0 Å². The van der Waals surface area contributed by atoms with Crippen LogP contribution in [-0.2, 0) is 9.84 Å². The molecule has 0 aromatic heterocycles. The van der Waals surface area contributed by atoms with Crippen molar-refractivity contribution < 1.29 is 8.42 Å². The van der Waals surface area contributed by atoms with Gasteiger partial charge in [0.1, 0.15) is 4.71 Å². The Hall–Kier alpha value is 0.240. The third-order valence-corrected chi connectivity index (χ3v) is 4.16. The Balaban J connectivity index is 4.06. The van der Waals surface area contributed by atoms with E-state index in [-0.39, 0.29) is 5.75 Å². The van der Waals surface area contributed by atoms with Gasteiger partial charge in [0.2, 0.25) is 0 Å². The zero-order valence-electron chi connectivity index (χ0n) is 6.30. The molecule has 0 saturated heterocycles. The minimum atomic E-state index is -2.99. The van der Waals surface area contributed by atoms with Gasteiger partial charge in [-0.05, 0) is 6.42 Å². The Bertz CT molecular complexity index is 174. The first-order chi connectivity index (χ1) is 4.54. The minimum absolute atomic E-state index is 0.140. The zero-order chi connectivity index (χ0) is 8.20. The molecule has 0 unspecified atom stereocenters. The van der Waals surface area contributed by atoms with E-state index in [1.165, 1.54) is 0 Å². The highest BCUT2D eigenvalue weighted by molar-refractivity contribution is 7.93. The smallest absolute Gasteiger partial charge is 0.166 e. The van der Waals surface area contributed by atoms with Crippen LogP contribution in [-0.4, -0.2) is 18.9 Å². The predicted molar refractivity (Wildman–Crippen MR) is 44.0 cm³/mol. The lowest BCUT2D eigenvalue weighted by Gasteiger charge is -2.06. The van der Waals surface area contributed by atoms with Crippen molar-refractivity contribution in [2.45, 2.75) is 31.4 Å². The second-order valence-electron chi connectivity index (χ2n) is 2.15. The fourth-order valence-corrected chi connectivity index (χ4v) is 2.14. The van der Waals surface area contributed by atoms with E-state index >= 15 is 0 Å². The third-order valence-electron chi connectivity index (χ3n) is 1.31. The molecular weight excluding hydrogens is 172 g/mol. The lowest BCUT2D eigenvalue weighted by Crippen LogP contribution is -2.16. The molecule has 1 atom stereocenters. The lowest BCUT2D eigenvalue weighted by atomic mass is 10.4. The van der Waals surface area contributed by atoms with Crippen LogP contribution in [0.25, 0.3) is 0 Å². The highest BCUT2D eigenvalue weighted by Gasteiger charge is 2.18. The summed E-state index contributed by atoms with van der Waals surface area (Å²) in [4.78, 5) is 0. The molecule has 0 aliphatic carbocycles. The number of hydrogen-bond acceptors (Lipinski definition) is 2. The first-order valence-electron chi connectivity index (χ1n) is 3.40.